The normalized spacial score (nSPS) is 11.2. The average molecular weight is 595 g/mol. The van der Waals surface area contributed by atoms with Gasteiger partial charge >= 0.3 is 0 Å². The van der Waals surface area contributed by atoms with Crippen LogP contribution in [0.4, 0.5) is 0 Å². The van der Waals surface area contributed by atoms with Gasteiger partial charge in [0.1, 0.15) is 23.0 Å². The molecule has 8 aromatic carbocycles. The molecule has 218 valence electrons. The van der Waals surface area contributed by atoms with Crippen molar-refractivity contribution in [3.63, 3.8) is 0 Å². The van der Waals surface area contributed by atoms with Gasteiger partial charge in [0.25, 0.3) is 0 Å². The molecular weight excluding hydrogens is 568 g/mol. The second-order valence-electron chi connectivity index (χ2n) is 11.4. The van der Waals surface area contributed by atoms with E-state index in [1.54, 1.807) is 24.3 Å². The summed E-state index contributed by atoms with van der Waals surface area (Å²) in [5.41, 5.74) is 3.96. The van der Waals surface area contributed by atoms with E-state index in [4.69, 9.17) is 0 Å². The third kappa shape index (κ3) is 4.42. The summed E-state index contributed by atoms with van der Waals surface area (Å²) in [5, 5.41) is 50.8. The van der Waals surface area contributed by atoms with Gasteiger partial charge in [0.05, 0.1) is 0 Å². The summed E-state index contributed by atoms with van der Waals surface area (Å²) < 4.78 is 0. The smallest absolute Gasteiger partial charge is 0.124 e. The predicted molar refractivity (Wildman–Crippen MR) is 186 cm³/mol. The monoisotopic (exact) mass is 594 g/mol. The first-order chi connectivity index (χ1) is 22.5. The van der Waals surface area contributed by atoms with Crippen LogP contribution < -0.4 is 0 Å². The highest BCUT2D eigenvalue weighted by Gasteiger charge is 2.18. The highest BCUT2D eigenvalue weighted by atomic mass is 16.3. The van der Waals surface area contributed by atoms with E-state index >= 15 is 0 Å². The van der Waals surface area contributed by atoms with Crippen LogP contribution in [0.25, 0.3) is 65.3 Å². The number of phenolic OH excluding ortho intramolecular Hbond substituents is 4. The molecule has 0 bridgehead atoms. The van der Waals surface area contributed by atoms with Crippen molar-refractivity contribution in [2.75, 3.05) is 0 Å². The Morgan fingerprint density at radius 2 is 0.630 bits per heavy atom. The van der Waals surface area contributed by atoms with E-state index in [2.05, 4.69) is 11.8 Å². The van der Waals surface area contributed by atoms with E-state index in [0.29, 0.717) is 22.3 Å². The van der Waals surface area contributed by atoms with Gasteiger partial charge in [-0.05, 0) is 91.6 Å². The maximum atomic E-state index is 11.0. The molecule has 0 spiro atoms. The molecule has 0 saturated heterocycles. The first kappa shape index (κ1) is 27.1. The van der Waals surface area contributed by atoms with E-state index in [9.17, 15) is 20.4 Å². The van der Waals surface area contributed by atoms with Crippen molar-refractivity contribution in [1.29, 1.82) is 0 Å². The molecule has 8 aromatic rings. The minimum absolute atomic E-state index is 0.0939. The first-order valence-corrected chi connectivity index (χ1v) is 14.9. The zero-order chi connectivity index (χ0) is 31.4. The van der Waals surface area contributed by atoms with Gasteiger partial charge in [-0.1, -0.05) is 96.8 Å². The Balaban J connectivity index is 1.20. The van der Waals surface area contributed by atoms with Crippen LogP contribution in [0.1, 0.15) is 11.1 Å². The molecule has 0 atom stereocenters. The molecule has 0 heterocycles. The molecule has 0 unspecified atom stereocenters. The average Bonchev–Trinajstić information content (AvgIpc) is 3.08. The van der Waals surface area contributed by atoms with Gasteiger partial charge in [-0.2, -0.15) is 0 Å². The summed E-state index contributed by atoms with van der Waals surface area (Å²) in [5.74, 6) is 6.94. The largest absolute Gasteiger partial charge is 0.507 e. The summed E-state index contributed by atoms with van der Waals surface area (Å²) in [6, 6.07) is 41.3. The summed E-state index contributed by atoms with van der Waals surface area (Å²) in [4.78, 5) is 0. The Labute approximate surface area is 264 Å². The van der Waals surface area contributed by atoms with Crippen molar-refractivity contribution < 1.29 is 20.4 Å². The second-order valence-corrected chi connectivity index (χ2v) is 11.4. The third-order valence-corrected chi connectivity index (χ3v) is 8.66. The number of benzene rings is 8. The number of aromatic hydroxyl groups is 4. The van der Waals surface area contributed by atoms with Crippen LogP contribution in [-0.4, -0.2) is 20.4 Å². The van der Waals surface area contributed by atoms with Crippen molar-refractivity contribution in [2.45, 2.75) is 0 Å². The fraction of sp³-hybridized carbons (Fsp3) is 0. The van der Waals surface area contributed by atoms with Crippen LogP contribution in [0.5, 0.6) is 23.0 Å². The number of phenols is 4. The fourth-order valence-corrected chi connectivity index (χ4v) is 6.51. The lowest BCUT2D eigenvalue weighted by Crippen LogP contribution is -1.88. The SMILES string of the molecule is Oc1ccc2ccccc2c1-c1c(O)ccc2cc(C#Cc3ccc4c(-c5c(O)ccc6ccccc56)c(O)ccc4c3)ccc12. The Kier molecular flexibility index (Phi) is 6.27. The van der Waals surface area contributed by atoms with E-state index in [-0.39, 0.29) is 23.0 Å². The van der Waals surface area contributed by atoms with Gasteiger partial charge in [0, 0.05) is 33.4 Å². The van der Waals surface area contributed by atoms with Gasteiger partial charge < -0.3 is 20.4 Å². The first-order valence-electron chi connectivity index (χ1n) is 14.9. The molecule has 0 aliphatic carbocycles. The Morgan fingerprint density at radius 3 is 1.02 bits per heavy atom. The molecule has 4 nitrogen and oxygen atoms in total. The molecule has 4 N–H and O–H groups in total. The molecule has 0 aliphatic heterocycles. The molecule has 0 fully saturated rings. The second kappa shape index (κ2) is 10.6. The maximum Gasteiger partial charge on any atom is 0.124 e. The Hall–Kier alpha value is -6.44. The Morgan fingerprint density at radius 1 is 0.304 bits per heavy atom. The lowest BCUT2D eigenvalue weighted by atomic mass is 9.91. The highest BCUT2D eigenvalue weighted by Crippen LogP contribution is 2.46. The standard InChI is InChI=1S/C42H26O4/c43-35-19-13-27-5-1-3-7-31(27)39(35)41-33-17-11-25(23-29(33)15-21-37(41)45)9-10-26-12-18-34-30(24-26)16-22-38(46)42(34)40-32-8-4-2-6-28(32)14-20-36(40)44/h1-8,11-24,43-46H. The number of fused-ring (bicyclic) bond motifs is 4. The van der Waals surface area contributed by atoms with Gasteiger partial charge in [-0.15, -0.1) is 0 Å². The van der Waals surface area contributed by atoms with Crippen LogP contribution in [0.3, 0.4) is 0 Å². The number of rotatable bonds is 2. The highest BCUT2D eigenvalue weighted by molar-refractivity contribution is 6.11. The molecule has 8 rings (SSSR count). The van der Waals surface area contributed by atoms with E-state index < -0.39 is 0 Å². The van der Waals surface area contributed by atoms with Crippen molar-refractivity contribution >= 4 is 43.1 Å². The molecule has 0 saturated carbocycles. The molecular formula is C42H26O4. The van der Waals surface area contributed by atoms with Crippen LogP contribution >= 0.6 is 0 Å². The lowest BCUT2D eigenvalue weighted by Gasteiger charge is -2.14. The molecule has 0 aromatic heterocycles. The maximum absolute atomic E-state index is 11.0. The van der Waals surface area contributed by atoms with Gasteiger partial charge in [-0.25, -0.2) is 0 Å². The van der Waals surface area contributed by atoms with Crippen LogP contribution in [0.15, 0.2) is 133 Å². The van der Waals surface area contributed by atoms with Gasteiger partial charge in [0.15, 0.2) is 0 Å². The zero-order valence-corrected chi connectivity index (χ0v) is 24.5. The summed E-state index contributed by atoms with van der Waals surface area (Å²) in [6.07, 6.45) is 0. The fourth-order valence-electron chi connectivity index (χ4n) is 6.51. The number of hydrogen-bond donors (Lipinski definition) is 4. The van der Waals surface area contributed by atoms with Crippen molar-refractivity contribution in [1.82, 2.24) is 0 Å². The molecule has 46 heavy (non-hydrogen) atoms. The van der Waals surface area contributed by atoms with Crippen molar-refractivity contribution in [3.05, 3.63) is 145 Å². The minimum Gasteiger partial charge on any atom is -0.507 e. The molecule has 4 heteroatoms. The van der Waals surface area contributed by atoms with Gasteiger partial charge in [-0.3, -0.25) is 0 Å². The van der Waals surface area contributed by atoms with E-state index in [0.717, 1.165) is 54.2 Å². The van der Waals surface area contributed by atoms with Crippen molar-refractivity contribution in [2.24, 2.45) is 0 Å². The predicted octanol–water partition coefficient (Wildman–Crippen LogP) is 9.86. The van der Waals surface area contributed by atoms with E-state index in [1.807, 2.05) is 109 Å². The lowest BCUT2D eigenvalue weighted by molar-refractivity contribution is 0.470. The minimum atomic E-state index is 0.0939. The third-order valence-electron chi connectivity index (χ3n) is 8.66. The van der Waals surface area contributed by atoms with Crippen LogP contribution in [0.2, 0.25) is 0 Å². The van der Waals surface area contributed by atoms with Crippen LogP contribution in [-0.2, 0) is 0 Å². The molecule has 0 aliphatic rings. The number of hydrogen-bond acceptors (Lipinski definition) is 4. The summed E-state index contributed by atoms with van der Waals surface area (Å²) in [7, 11) is 0. The molecule has 0 amide bonds. The quantitative estimate of drug-likeness (QED) is 0.150. The summed E-state index contributed by atoms with van der Waals surface area (Å²) >= 11 is 0. The van der Waals surface area contributed by atoms with Gasteiger partial charge in [0.2, 0.25) is 0 Å². The summed E-state index contributed by atoms with van der Waals surface area (Å²) in [6.45, 7) is 0. The van der Waals surface area contributed by atoms with E-state index in [1.165, 1.54) is 0 Å². The topological polar surface area (TPSA) is 80.9 Å². The Bertz CT molecular complexity index is 2410. The van der Waals surface area contributed by atoms with Crippen LogP contribution in [0, 0.1) is 11.8 Å². The molecule has 0 radical (unpaired) electrons. The zero-order valence-electron chi connectivity index (χ0n) is 24.5. The van der Waals surface area contributed by atoms with Crippen molar-refractivity contribution in [3.8, 4) is 57.1 Å².